The number of hydrogen-bond acceptors (Lipinski definition) is 6. The summed E-state index contributed by atoms with van der Waals surface area (Å²) >= 11 is 0. The zero-order valence-corrected chi connectivity index (χ0v) is 15.7. The summed E-state index contributed by atoms with van der Waals surface area (Å²) in [4.78, 5) is 21.6. The fourth-order valence-electron chi connectivity index (χ4n) is 4.85. The van der Waals surface area contributed by atoms with Crippen molar-refractivity contribution in [2.24, 2.45) is 11.8 Å². The minimum atomic E-state index is -0.0790. The summed E-state index contributed by atoms with van der Waals surface area (Å²) in [6.07, 6.45) is 7.17. The summed E-state index contributed by atoms with van der Waals surface area (Å²) < 4.78 is 1.80. The molecule has 2 aliphatic heterocycles. The molecule has 3 fully saturated rings. The molecule has 0 radical (unpaired) electrons. The Bertz CT molecular complexity index is 828. The molecule has 144 valence electrons. The number of nitrogens with one attached hydrogen (secondary N) is 2. The standard InChI is InChI=1S/C19H27N7O/c1-13-2-3-15-14(12-13)18(22-21-15)19(27)25-10-8-24(9-11-25)17-5-4-16-20-6-7-26(16)23-17/h4-7,13-15,18,21-22H,2-3,8-12H2,1H3. The van der Waals surface area contributed by atoms with Crippen molar-refractivity contribution >= 4 is 17.4 Å². The summed E-state index contributed by atoms with van der Waals surface area (Å²) in [5, 5.41) is 4.62. The molecule has 2 aromatic rings. The highest BCUT2D eigenvalue weighted by Gasteiger charge is 2.44. The number of anilines is 1. The number of imidazole rings is 1. The number of carbonyl (C=O) groups is 1. The Kier molecular flexibility index (Phi) is 4.24. The van der Waals surface area contributed by atoms with Crippen LogP contribution in [0, 0.1) is 11.8 Å². The molecule has 4 atom stereocenters. The Morgan fingerprint density at radius 2 is 2.00 bits per heavy atom. The van der Waals surface area contributed by atoms with Crippen LogP contribution in [0.3, 0.4) is 0 Å². The van der Waals surface area contributed by atoms with Crippen molar-refractivity contribution in [3.05, 3.63) is 24.5 Å². The molecule has 27 heavy (non-hydrogen) atoms. The van der Waals surface area contributed by atoms with Crippen molar-refractivity contribution in [3.63, 3.8) is 0 Å². The predicted molar refractivity (Wildman–Crippen MR) is 102 cm³/mol. The van der Waals surface area contributed by atoms with Gasteiger partial charge in [-0.2, -0.15) is 0 Å². The van der Waals surface area contributed by atoms with Crippen LogP contribution in [0.15, 0.2) is 24.5 Å². The molecule has 3 aliphatic rings. The number of nitrogens with zero attached hydrogens (tertiary/aromatic N) is 5. The molecule has 8 nitrogen and oxygen atoms in total. The van der Waals surface area contributed by atoms with Gasteiger partial charge in [-0.15, -0.1) is 5.10 Å². The van der Waals surface area contributed by atoms with Crippen LogP contribution in [0.5, 0.6) is 0 Å². The number of fused-ring (bicyclic) bond motifs is 2. The molecule has 2 aromatic heterocycles. The van der Waals surface area contributed by atoms with E-state index in [2.05, 4.69) is 32.8 Å². The van der Waals surface area contributed by atoms with Gasteiger partial charge in [-0.25, -0.2) is 14.9 Å². The fraction of sp³-hybridized carbons (Fsp3) is 0.632. The van der Waals surface area contributed by atoms with Gasteiger partial charge in [0.1, 0.15) is 11.9 Å². The molecule has 0 bridgehead atoms. The lowest BCUT2D eigenvalue weighted by molar-refractivity contribution is -0.134. The van der Waals surface area contributed by atoms with Gasteiger partial charge >= 0.3 is 0 Å². The third-order valence-electron chi connectivity index (χ3n) is 6.44. The fourth-order valence-corrected chi connectivity index (χ4v) is 4.85. The van der Waals surface area contributed by atoms with Gasteiger partial charge in [0.05, 0.1) is 0 Å². The maximum Gasteiger partial charge on any atom is 0.241 e. The van der Waals surface area contributed by atoms with Gasteiger partial charge < -0.3 is 9.80 Å². The average Bonchev–Trinajstić information content (AvgIpc) is 3.33. The van der Waals surface area contributed by atoms with Crippen LogP contribution in [0.4, 0.5) is 5.82 Å². The Morgan fingerprint density at radius 1 is 1.15 bits per heavy atom. The monoisotopic (exact) mass is 369 g/mol. The zero-order valence-electron chi connectivity index (χ0n) is 15.7. The van der Waals surface area contributed by atoms with Crippen molar-refractivity contribution in [2.75, 3.05) is 31.1 Å². The summed E-state index contributed by atoms with van der Waals surface area (Å²) in [7, 11) is 0. The first-order valence-corrected chi connectivity index (χ1v) is 10.0. The first-order chi connectivity index (χ1) is 13.2. The average molecular weight is 369 g/mol. The van der Waals surface area contributed by atoms with Crippen LogP contribution in [-0.2, 0) is 4.79 Å². The maximum atomic E-state index is 13.1. The van der Waals surface area contributed by atoms with E-state index in [9.17, 15) is 4.79 Å². The highest BCUT2D eigenvalue weighted by molar-refractivity contribution is 5.83. The minimum Gasteiger partial charge on any atom is -0.352 e. The molecule has 1 saturated carbocycles. The predicted octanol–water partition coefficient (Wildman–Crippen LogP) is 0.659. The van der Waals surface area contributed by atoms with Crippen LogP contribution in [0.25, 0.3) is 5.65 Å². The molecule has 8 heteroatoms. The number of hydrazine groups is 1. The van der Waals surface area contributed by atoms with Crippen LogP contribution in [0.2, 0.25) is 0 Å². The Morgan fingerprint density at radius 3 is 2.85 bits per heavy atom. The Labute approximate surface area is 158 Å². The number of carbonyl (C=O) groups excluding carboxylic acids is 1. The van der Waals surface area contributed by atoms with Crippen molar-refractivity contribution in [2.45, 2.75) is 38.3 Å². The van der Waals surface area contributed by atoms with Gasteiger partial charge in [0.2, 0.25) is 5.91 Å². The SMILES string of the molecule is CC1CCC2NNC(C(=O)N3CCN(c4ccc5nccn5n4)CC3)C2C1. The van der Waals surface area contributed by atoms with E-state index >= 15 is 0 Å². The van der Waals surface area contributed by atoms with Crippen molar-refractivity contribution in [1.29, 1.82) is 0 Å². The lowest BCUT2D eigenvalue weighted by Gasteiger charge is -2.38. The number of piperazine rings is 1. The van der Waals surface area contributed by atoms with Gasteiger partial charge in [0.15, 0.2) is 5.65 Å². The smallest absolute Gasteiger partial charge is 0.241 e. The molecule has 0 aromatic carbocycles. The van der Waals surface area contributed by atoms with E-state index in [1.54, 1.807) is 10.7 Å². The molecule has 4 unspecified atom stereocenters. The zero-order chi connectivity index (χ0) is 18.4. The molecule has 1 aliphatic carbocycles. The summed E-state index contributed by atoms with van der Waals surface area (Å²) in [5.74, 6) is 2.32. The molecule has 2 saturated heterocycles. The molecule has 4 heterocycles. The summed E-state index contributed by atoms with van der Waals surface area (Å²) in [6.45, 7) is 5.41. The second kappa shape index (κ2) is 6.76. The Balaban J connectivity index is 1.23. The van der Waals surface area contributed by atoms with Crippen LogP contribution >= 0.6 is 0 Å². The molecule has 0 spiro atoms. The van der Waals surface area contributed by atoms with Crippen molar-refractivity contribution < 1.29 is 4.79 Å². The quantitative estimate of drug-likeness (QED) is 0.810. The first-order valence-electron chi connectivity index (χ1n) is 10.0. The number of aromatic nitrogens is 3. The Hall–Kier alpha value is -2.19. The summed E-state index contributed by atoms with van der Waals surface area (Å²) in [5.41, 5.74) is 7.52. The second-order valence-corrected chi connectivity index (χ2v) is 8.19. The van der Waals surface area contributed by atoms with E-state index in [1.165, 1.54) is 12.8 Å². The van der Waals surface area contributed by atoms with E-state index in [4.69, 9.17) is 0 Å². The van der Waals surface area contributed by atoms with E-state index in [0.717, 1.165) is 44.1 Å². The molecule has 2 N–H and O–H groups in total. The van der Waals surface area contributed by atoms with E-state index < -0.39 is 0 Å². The van der Waals surface area contributed by atoms with Crippen LogP contribution < -0.4 is 15.8 Å². The maximum absolute atomic E-state index is 13.1. The topological polar surface area (TPSA) is 77.8 Å². The molecular formula is C19H27N7O. The third kappa shape index (κ3) is 3.06. The normalized spacial score (nSPS) is 31.3. The molecular weight excluding hydrogens is 342 g/mol. The number of rotatable bonds is 2. The highest BCUT2D eigenvalue weighted by atomic mass is 16.2. The second-order valence-electron chi connectivity index (χ2n) is 8.19. The lowest BCUT2D eigenvalue weighted by Crippen LogP contribution is -2.55. The van der Waals surface area contributed by atoms with Gasteiger partial charge in [-0.05, 0) is 37.3 Å². The van der Waals surface area contributed by atoms with Crippen molar-refractivity contribution in [1.82, 2.24) is 30.3 Å². The summed E-state index contributed by atoms with van der Waals surface area (Å²) in [6, 6.07) is 4.36. The minimum absolute atomic E-state index is 0.0790. The van der Waals surface area contributed by atoms with Gasteiger partial charge in [0.25, 0.3) is 0 Å². The first kappa shape index (κ1) is 16.9. The lowest BCUT2D eigenvalue weighted by atomic mass is 9.76. The molecule has 5 rings (SSSR count). The van der Waals surface area contributed by atoms with E-state index in [1.807, 2.05) is 23.2 Å². The van der Waals surface area contributed by atoms with Gasteiger partial charge in [-0.1, -0.05) is 6.92 Å². The third-order valence-corrected chi connectivity index (χ3v) is 6.44. The van der Waals surface area contributed by atoms with Gasteiger partial charge in [-0.3, -0.25) is 10.2 Å². The van der Waals surface area contributed by atoms with Crippen molar-refractivity contribution in [3.8, 4) is 0 Å². The van der Waals surface area contributed by atoms with E-state index in [-0.39, 0.29) is 11.9 Å². The van der Waals surface area contributed by atoms with E-state index in [0.29, 0.717) is 17.9 Å². The largest absolute Gasteiger partial charge is 0.352 e. The number of amides is 1. The highest BCUT2D eigenvalue weighted by Crippen LogP contribution is 2.34. The van der Waals surface area contributed by atoms with Gasteiger partial charge in [0, 0.05) is 50.5 Å². The van der Waals surface area contributed by atoms with Crippen LogP contribution in [0.1, 0.15) is 26.2 Å². The van der Waals surface area contributed by atoms with Crippen LogP contribution in [-0.4, -0.2) is 63.7 Å². The number of hydrogen-bond donors (Lipinski definition) is 2. The molecule has 1 amide bonds.